The maximum Gasteiger partial charge on any atom is 0.306 e. The number of carboxylic acid groups (broad SMARTS) is 1. The third-order valence-electron chi connectivity index (χ3n) is 4.03. The van der Waals surface area contributed by atoms with Crippen molar-refractivity contribution in [2.75, 3.05) is 7.11 Å². The van der Waals surface area contributed by atoms with Crippen LogP contribution in [0.25, 0.3) is 0 Å². The fourth-order valence-corrected chi connectivity index (χ4v) is 2.65. The van der Waals surface area contributed by atoms with Crippen LogP contribution in [0.5, 0.6) is 5.75 Å². The minimum atomic E-state index is -0.653. The van der Waals surface area contributed by atoms with Crippen LogP contribution in [-0.2, 0) is 11.2 Å². The van der Waals surface area contributed by atoms with Crippen LogP contribution < -0.4 is 4.74 Å². The summed E-state index contributed by atoms with van der Waals surface area (Å²) in [4.78, 5) is 10.9. The van der Waals surface area contributed by atoms with E-state index in [-0.39, 0.29) is 5.92 Å². The smallest absolute Gasteiger partial charge is 0.306 e. The number of carboxylic acids is 1. The van der Waals surface area contributed by atoms with Gasteiger partial charge in [-0.05, 0) is 54.4 Å². The average molecular weight is 262 g/mol. The summed E-state index contributed by atoms with van der Waals surface area (Å²) < 4.78 is 5.43. The lowest BCUT2D eigenvalue weighted by Crippen LogP contribution is -2.03. The van der Waals surface area contributed by atoms with Crippen molar-refractivity contribution in [1.29, 1.82) is 0 Å². The van der Waals surface area contributed by atoms with E-state index in [0.717, 1.165) is 18.6 Å². The van der Waals surface area contributed by atoms with Gasteiger partial charge in [0.15, 0.2) is 0 Å². The Bertz CT molecular complexity index is 491. The Morgan fingerprint density at radius 2 is 2.16 bits per heavy atom. The minimum absolute atomic E-state index is 0.135. The topological polar surface area (TPSA) is 46.5 Å². The summed E-state index contributed by atoms with van der Waals surface area (Å²) in [6.07, 6.45) is 1.68. The maximum atomic E-state index is 10.9. The van der Waals surface area contributed by atoms with Gasteiger partial charge in [0.2, 0.25) is 0 Å². The molecular weight excluding hydrogens is 240 g/mol. The number of benzene rings is 1. The van der Waals surface area contributed by atoms with Crippen LogP contribution in [-0.4, -0.2) is 18.2 Å². The predicted octanol–water partition coefficient (Wildman–Crippen LogP) is 3.39. The number of carbonyl (C=O) groups is 1. The molecule has 0 bridgehead atoms. The van der Waals surface area contributed by atoms with E-state index in [1.807, 2.05) is 0 Å². The molecule has 0 amide bonds. The van der Waals surface area contributed by atoms with E-state index in [1.165, 1.54) is 16.7 Å². The van der Waals surface area contributed by atoms with Gasteiger partial charge in [-0.15, -0.1) is 0 Å². The molecule has 104 valence electrons. The van der Waals surface area contributed by atoms with E-state index in [0.29, 0.717) is 11.8 Å². The van der Waals surface area contributed by atoms with Gasteiger partial charge in [0, 0.05) is 0 Å². The van der Waals surface area contributed by atoms with Crippen molar-refractivity contribution in [3.05, 3.63) is 28.8 Å². The van der Waals surface area contributed by atoms with Crippen LogP contribution in [0.1, 0.15) is 42.9 Å². The van der Waals surface area contributed by atoms with Gasteiger partial charge in [0.05, 0.1) is 13.0 Å². The molecule has 0 saturated heterocycles. The maximum absolute atomic E-state index is 10.9. The summed E-state index contributed by atoms with van der Waals surface area (Å²) in [7, 11) is 1.70. The Hall–Kier alpha value is -1.51. The average Bonchev–Trinajstić information content (AvgIpc) is 3.10. The zero-order valence-electron chi connectivity index (χ0n) is 12.1. The zero-order valence-corrected chi connectivity index (χ0v) is 12.1. The molecule has 1 aliphatic carbocycles. The van der Waals surface area contributed by atoms with Crippen LogP contribution in [0.3, 0.4) is 0 Å². The summed E-state index contributed by atoms with van der Waals surface area (Å²) in [5.74, 6) is 0.861. The van der Waals surface area contributed by atoms with Gasteiger partial charge in [-0.1, -0.05) is 19.9 Å². The second kappa shape index (κ2) is 5.24. The first-order valence-corrected chi connectivity index (χ1v) is 6.84. The van der Waals surface area contributed by atoms with Crippen molar-refractivity contribution in [3.8, 4) is 5.75 Å². The third kappa shape index (κ3) is 2.91. The molecule has 3 nitrogen and oxygen atoms in total. The Balaban J connectivity index is 2.21. The molecule has 1 N–H and O–H groups in total. The van der Waals surface area contributed by atoms with Crippen molar-refractivity contribution in [3.63, 3.8) is 0 Å². The standard InChI is InChI=1S/C16H22O3/c1-9(2)13-7-11(10(3)5-15(13)19-4)6-12-8-14(12)16(17)18/h5,7,9,12,14H,6,8H2,1-4H3,(H,17,18). The molecule has 1 aromatic carbocycles. The number of hydrogen-bond donors (Lipinski definition) is 1. The molecule has 1 aliphatic rings. The molecule has 2 rings (SSSR count). The third-order valence-corrected chi connectivity index (χ3v) is 4.03. The monoisotopic (exact) mass is 262 g/mol. The Morgan fingerprint density at radius 3 is 2.63 bits per heavy atom. The van der Waals surface area contributed by atoms with Crippen molar-refractivity contribution in [2.24, 2.45) is 11.8 Å². The molecule has 0 aliphatic heterocycles. The molecule has 3 heteroatoms. The molecular formula is C16H22O3. The van der Waals surface area contributed by atoms with E-state index >= 15 is 0 Å². The normalized spacial score (nSPS) is 21.5. The van der Waals surface area contributed by atoms with Crippen LogP contribution in [0.2, 0.25) is 0 Å². The second-order valence-corrected chi connectivity index (χ2v) is 5.82. The Morgan fingerprint density at radius 1 is 1.47 bits per heavy atom. The fourth-order valence-electron chi connectivity index (χ4n) is 2.65. The van der Waals surface area contributed by atoms with E-state index in [1.54, 1.807) is 7.11 Å². The number of hydrogen-bond acceptors (Lipinski definition) is 2. The number of aryl methyl sites for hydroxylation is 1. The first-order valence-electron chi connectivity index (χ1n) is 6.84. The fraction of sp³-hybridized carbons (Fsp3) is 0.562. The molecule has 1 saturated carbocycles. The van der Waals surface area contributed by atoms with Gasteiger partial charge in [-0.2, -0.15) is 0 Å². The van der Waals surface area contributed by atoms with E-state index in [4.69, 9.17) is 9.84 Å². The molecule has 19 heavy (non-hydrogen) atoms. The minimum Gasteiger partial charge on any atom is -0.496 e. The summed E-state index contributed by atoms with van der Waals surface area (Å²) in [6.45, 7) is 6.36. The SMILES string of the molecule is COc1cc(C)c(CC2CC2C(=O)O)cc1C(C)C. The number of rotatable bonds is 5. The lowest BCUT2D eigenvalue weighted by atomic mass is 9.94. The van der Waals surface area contributed by atoms with Crippen LogP contribution in [0, 0.1) is 18.8 Å². The molecule has 1 fully saturated rings. The molecule has 2 unspecified atom stereocenters. The highest BCUT2D eigenvalue weighted by molar-refractivity contribution is 5.73. The van der Waals surface area contributed by atoms with Gasteiger partial charge >= 0.3 is 5.97 Å². The number of ether oxygens (including phenoxy) is 1. The lowest BCUT2D eigenvalue weighted by Gasteiger charge is -2.16. The lowest BCUT2D eigenvalue weighted by molar-refractivity contribution is -0.138. The van der Waals surface area contributed by atoms with Gasteiger partial charge in [0.1, 0.15) is 5.75 Å². The summed E-state index contributed by atoms with van der Waals surface area (Å²) in [6, 6.07) is 4.26. The number of aliphatic carboxylic acids is 1. The van der Waals surface area contributed by atoms with Crippen molar-refractivity contribution in [1.82, 2.24) is 0 Å². The molecule has 0 aromatic heterocycles. The van der Waals surface area contributed by atoms with Gasteiger partial charge in [-0.3, -0.25) is 4.79 Å². The largest absolute Gasteiger partial charge is 0.496 e. The molecule has 0 heterocycles. The van der Waals surface area contributed by atoms with Crippen LogP contribution >= 0.6 is 0 Å². The Kier molecular flexibility index (Phi) is 3.83. The van der Waals surface area contributed by atoms with Gasteiger partial charge in [-0.25, -0.2) is 0 Å². The van der Waals surface area contributed by atoms with Crippen LogP contribution in [0.4, 0.5) is 0 Å². The van der Waals surface area contributed by atoms with E-state index < -0.39 is 5.97 Å². The first kappa shape index (κ1) is 13.9. The quantitative estimate of drug-likeness (QED) is 0.884. The van der Waals surface area contributed by atoms with Crippen molar-refractivity contribution >= 4 is 5.97 Å². The van der Waals surface area contributed by atoms with Gasteiger partial charge < -0.3 is 9.84 Å². The second-order valence-electron chi connectivity index (χ2n) is 5.82. The van der Waals surface area contributed by atoms with Gasteiger partial charge in [0.25, 0.3) is 0 Å². The van der Waals surface area contributed by atoms with Crippen molar-refractivity contribution < 1.29 is 14.6 Å². The molecule has 2 atom stereocenters. The van der Waals surface area contributed by atoms with E-state index in [2.05, 4.69) is 32.9 Å². The molecule has 1 aromatic rings. The molecule has 0 spiro atoms. The summed E-state index contributed by atoms with van der Waals surface area (Å²) >= 11 is 0. The highest BCUT2D eigenvalue weighted by atomic mass is 16.5. The number of methoxy groups -OCH3 is 1. The predicted molar refractivity (Wildman–Crippen MR) is 74.8 cm³/mol. The van der Waals surface area contributed by atoms with Crippen LogP contribution in [0.15, 0.2) is 12.1 Å². The van der Waals surface area contributed by atoms with Crippen molar-refractivity contribution in [2.45, 2.75) is 39.5 Å². The highest BCUT2D eigenvalue weighted by Gasteiger charge is 2.43. The summed E-state index contributed by atoms with van der Waals surface area (Å²) in [5, 5.41) is 8.98. The summed E-state index contributed by atoms with van der Waals surface area (Å²) in [5.41, 5.74) is 3.66. The zero-order chi connectivity index (χ0) is 14.2. The molecule has 0 radical (unpaired) electrons. The van der Waals surface area contributed by atoms with E-state index in [9.17, 15) is 4.79 Å². The highest BCUT2D eigenvalue weighted by Crippen LogP contribution is 2.42. The Labute approximate surface area is 114 Å². The first-order chi connectivity index (χ1) is 8.93.